The van der Waals surface area contributed by atoms with Gasteiger partial charge in [0.2, 0.25) is 5.91 Å². The van der Waals surface area contributed by atoms with E-state index in [0.717, 1.165) is 6.42 Å². The molecule has 5 nitrogen and oxygen atoms in total. The Morgan fingerprint density at radius 1 is 1.10 bits per heavy atom. The van der Waals surface area contributed by atoms with Crippen molar-refractivity contribution in [2.24, 2.45) is 0 Å². The Kier molecular flexibility index (Phi) is 4.96. The summed E-state index contributed by atoms with van der Waals surface area (Å²) in [5, 5.41) is 0.476. The van der Waals surface area contributed by atoms with Crippen LogP contribution in [0, 0.1) is 0 Å². The Hall–Kier alpha value is -1.46. The summed E-state index contributed by atoms with van der Waals surface area (Å²) < 4.78 is 0. The van der Waals surface area contributed by atoms with E-state index in [1.807, 2.05) is 0 Å². The van der Waals surface area contributed by atoms with Crippen LogP contribution in [0.25, 0.3) is 0 Å². The number of benzene rings is 1. The van der Waals surface area contributed by atoms with Gasteiger partial charge in [0, 0.05) is 38.8 Å². The summed E-state index contributed by atoms with van der Waals surface area (Å²) in [4.78, 5) is 27.4. The van der Waals surface area contributed by atoms with Crippen LogP contribution in [0.5, 0.6) is 0 Å². The molecule has 0 radical (unpaired) electrons. The minimum Gasteiger partial charge on any atom is -0.399 e. The average Bonchev–Trinajstić information content (AvgIpc) is 2.68. The first-order chi connectivity index (χ1) is 9.90. The molecule has 114 valence electrons. The first kappa shape index (κ1) is 15.9. The van der Waals surface area contributed by atoms with E-state index in [1.54, 1.807) is 9.80 Å². The topological polar surface area (TPSA) is 66.6 Å². The second kappa shape index (κ2) is 6.54. The van der Waals surface area contributed by atoms with Crippen LogP contribution in [-0.2, 0) is 4.79 Å². The number of carbonyl (C=O) groups excluding carboxylic acids is 2. The fourth-order valence-corrected chi connectivity index (χ4v) is 2.79. The first-order valence-electron chi connectivity index (χ1n) is 6.69. The Morgan fingerprint density at radius 2 is 1.71 bits per heavy atom. The summed E-state index contributed by atoms with van der Waals surface area (Å²) >= 11 is 12.1. The number of rotatable bonds is 1. The van der Waals surface area contributed by atoms with Gasteiger partial charge in [0.15, 0.2) is 0 Å². The van der Waals surface area contributed by atoms with E-state index < -0.39 is 0 Å². The molecule has 2 N–H and O–H groups in total. The van der Waals surface area contributed by atoms with Crippen LogP contribution in [-0.4, -0.2) is 47.8 Å². The number of amides is 2. The highest BCUT2D eigenvalue weighted by molar-refractivity contribution is 6.44. The van der Waals surface area contributed by atoms with Gasteiger partial charge < -0.3 is 15.5 Å². The van der Waals surface area contributed by atoms with E-state index >= 15 is 0 Å². The molecule has 1 heterocycles. The summed E-state index contributed by atoms with van der Waals surface area (Å²) in [7, 11) is 0. The molecule has 1 aromatic rings. The number of hydrogen-bond donors (Lipinski definition) is 1. The number of carbonyl (C=O) groups is 2. The maximum absolute atomic E-state index is 12.6. The lowest BCUT2D eigenvalue weighted by atomic mass is 10.1. The maximum Gasteiger partial charge on any atom is 0.255 e. The third kappa shape index (κ3) is 3.60. The molecule has 0 aliphatic carbocycles. The number of nitrogens with two attached hydrogens (primary N) is 1. The lowest BCUT2D eigenvalue weighted by molar-refractivity contribution is -0.128. The van der Waals surface area contributed by atoms with Gasteiger partial charge in [-0.1, -0.05) is 23.2 Å². The molecule has 7 heteroatoms. The third-order valence-electron chi connectivity index (χ3n) is 3.51. The van der Waals surface area contributed by atoms with Crippen molar-refractivity contribution < 1.29 is 9.59 Å². The maximum atomic E-state index is 12.6. The third-order valence-corrected chi connectivity index (χ3v) is 4.31. The molecule has 0 saturated carbocycles. The van der Waals surface area contributed by atoms with Gasteiger partial charge in [-0.25, -0.2) is 0 Å². The molecule has 0 unspecified atom stereocenters. The molecule has 1 aromatic carbocycles. The highest BCUT2D eigenvalue weighted by Gasteiger charge is 2.23. The van der Waals surface area contributed by atoms with Crippen molar-refractivity contribution in [1.29, 1.82) is 0 Å². The van der Waals surface area contributed by atoms with E-state index in [9.17, 15) is 9.59 Å². The lowest BCUT2D eigenvalue weighted by Gasteiger charge is -2.22. The molecule has 1 saturated heterocycles. The van der Waals surface area contributed by atoms with Crippen LogP contribution in [0.2, 0.25) is 10.0 Å². The Morgan fingerprint density at radius 3 is 2.38 bits per heavy atom. The average molecular weight is 330 g/mol. The van der Waals surface area contributed by atoms with Crippen LogP contribution in [0.3, 0.4) is 0 Å². The van der Waals surface area contributed by atoms with Crippen molar-refractivity contribution in [2.45, 2.75) is 13.3 Å². The minimum absolute atomic E-state index is 0.0225. The fraction of sp³-hybridized carbons (Fsp3) is 0.429. The number of anilines is 1. The number of hydrogen-bond acceptors (Lipinski definition) is 3. The van der Waals surface area contributed by atoms with Gasteiger partial charge in [0.05, 0.1) is 15.6 Å². The van der Waals surface area contributed by atoms with Crippen molar-refractivity contribution in [1.82, 2.24) is 9.80 Å². The molecule has 2 amide bonds. The van der Waals surface area contributed by atoms with Gasteiger partial charge in [-0.05, 0) is 18.6 Å². The van der Waals surface area contributed by atoms with Crippen molar-refractivity contribution in [3.8, 4) is 0 Å². The number of nitrogens with zero attached hydrogens (tertiary/aromatic N) is 2. The zero-order valence-electron chi connectivity index (χ0n) is 11.7. The predicted octanol–water partition coefficient (Wildman–Crippen LogP) is 2.27. The van der Waals surface area contributed by atoms with Crippen LogP contribution in [0.1, 0.15) is 23.7 Å². The first-order valence-corrected chi connectivity index (χ1v) is 7.45. The molecular weight excluding hydrogens is 313 g/mol. The Bertz CT molecular complexity index is 578. The zero-order valence-corrected chi connectivity index (χ0v) is 13.2. The van der Waals surface area contributed by atoms with Crippen LogP contribution in [0.4, 0.5) is 5.69 Å². The standard InChI is InChI=1S/C14H17Cl2N3O2/c1-9(20)18-3-2-4-19(6-5-18)14(21)11-7-10(17)8-12(15)13(11)16/h7-8H,2-6,17H2,1H3. The minimum atomic E-state index is -0.209. The van der Waals surface area contributed by atoms with Crippen LogP contribution in [0.15, 0.2) is 12.1 Å². The van der Waals surface area contributed by atoms with Gasteiger partial charge in [0.25, 0.3) is 5.91 Å². The predicted molar refractivity (Wildman–Crippen MR) is 83.6 cm³/mol. The van der Waals surface area contributed by atoms with Gasteiger partial charge in [0.1, 0.15) is 0 Å². The van der Waals surface area contributed by atoms with Crippen molar-refractivity contribution in [3.05, 3.63) is 27.7 Å². The highest BCUT2D eigenvalue weighted by atomic mass is 35.5. The SMILES string of the molecule is CC(=O)N1CCCN(C(=O)c2cc(N)cc(Cl)c2Cl)CC1. The molecule has 1 fully saturated rings. The Balaban J connectivity index is 2.19. The number of nitrogen functional groups attached to an aromatic ring is 1. The van der Waals surface area contributed by atoms with E-state index in [1.165, 1.54) is 19.1 Å². The number of halogens is 2. The summed E-state index contributed by atoms with van der Waals surface area (Å²) in [5.74, 6) is -0.186. The zero-order chi connectivity index (χ0) is 15.6. The summed E-state index contributed by atoms with van der Waals surface area (Å²) in [6.07, 6.45) is 0.735. The van der Waals surface area contributed by atoms with E-state index in [2.05, 4.69) is 0 Å². The molecular formula is C14H17Cl2N3O2. The molecule has 21 heavy (non-hydrogen) atoms. The molecule has 0 spiro atoms. The monoisotopic (exact) mass is 329 g/mol. The van der Waals surface area contributed by atoms with Gasteiger partial charge in [-0.3, -0.25) is 9.59 Å². The van der Waals surface area contributed by atoms with E-state index in [4.69, 9.17) is 28.9 Å². The van der Waals surface area contributed by atoms with Crippen molar-refractivity contribution >= 4 is 40.7 Å². The smallest absolute Gasteiger partial charge is 0.255 e. The van der Waals surface area contributed by atoms with E-state index in [0.29, 0.717) is 37.4 Å². The quantitative estimate of drug-likeness (QED) is 0.803. The Labute approximate surface area is 133 Å². The summed E-state index contributed by atoms with van der Waals surface area (Å²) in [5.41, 5.74) is 6.42. The van der Waals surface area contributed by atoms with E-state index in [-0.39, 0.29) is 21.9 Å². The van der Waals surface area contributed by atoms with Gasteiger partial charge in [-0.2, -0.15) is 0 Å². The summed E-state index contributed by atoms with van der Waals surface area (Å²) in [6.45, 7) is 3.76. The summed E-state index contributed by atoms with van der Waals surface area (Å²) in [6, 6.07) is 3.05. The highest BCUT2D eigenvalue weighted by Crippen LogP contribution is 2.29. The normalized spacial score (nSPS) is 15.8. The molecule has 1 aliphatic rings. The molecule has 0 atom stereocenters. The molecule has 1 aliphatic heterocycles. The van der Waals surface area contributed by atoms with Crippen molar-refractivity contribution in [3.63, 3.8) is 0 Å². The second-order valence-corrected chi connectivity index (χ2v) is 5.80. The molecule has 0 aromatic heterocycles. The molecule has 2 rings (SSSR count). The van der Waals surface area contributed by atoms with Crippen molar-refractivity contribution in [2.75, 3.05) is 31.9 Å². The lowest BCUT2D eigenvalue weighted by Crippen LogP contribution is -2.36. The van der Waals surface area contributed by atoms with Gasteiger partial charge in [-0.15, -0.1) is 0 Å². The van der Waals surface area contributed by atoms with Crippen LogP contribution < -0.4 is 5.73 Å². The van der Waals surface area contributed by atoms with Gasteiger partial charge >= 0.3 is 0 Å². The van der Waals surface area contributed by atoms with Crippen LogP contribution >= 0.6 is 23.2 Å². The fourth-order valence-electron chi connectivity index (χ4n) is 2.37. The largest absolute Gasteiger partial charge is 0.399 e. The molecule has 0 bridgehead atoms. The second-order valence-electron chi connectivity index (χ2n) is 5.02.